The number of nitrogens with one attached hydrogen (secondary N) is 2. The van der Waals surface area contributed by atoms with E-state index in [0.717, 1.165) is 0 Å². The lowest BCUT2D eigenvalue weighted by Gasteiger charge is -2.12. The number of pyridine rings is 1. The van der Waals surface area contributed by atoms with Gasteiger partial charge in [-0.25, -0.2) is 4.79 Å². The molecule has 0 radical (unpaired) electrons. The van der Waals surface area contributed by atoms with Crippen LogP contribution in [0.2, 0.25) is 0 Å². The van der Waals surface area contributed by atoms with Crippen LogP contribution < -0.4 is 10.9 Å². The van der Waals surface area contributed by atoms with Gasteiger partial charge in [0.2, 0.25) is 0 Å². The average Bonchev–Trinajstić information content (AvgIpc) is 2.28. The Bertz CT molecular complexity index is 467. The molecule has 0 saturated carbocycles. The smallest absolute Gasteiger partial charge is 0.326 e. The molecule has 1 heterocycles. The van der Waals surface area contributed by atoms with Crippen LogP contribution >= 0.6 is 0 Å². The fraction of sp³-hybridized carbons (Fsp3) is 0.364. The SMILES string of the molecule is CCC[C@@H](NC(=O)c1ccc[nH]c1=O)C(=O)O. The molecule has 6 nitrogen and oxygen atoms in total. The number of carboxylic acid groups (broad SMARTS) is 1. The van der Waals surface area contributed by atoms with Crippen LogP contribution in [-0.2, 0) is 4.79 Å². The lowest BCUT2D eigenvalue weighted by atomic mass is 10.1. The van der Waals surface area contributed by atoms with E-state index in [1.807, 2.05) is 6.92 Å². The van der Waals surface area contributed by atoms with Crippen molar-refractivity contribution in [2.24, 2.45) is 0 Å². The molecular formula is C11H14N2O4. The molecule has 6 heteroatoms. The van der Waals surface area contributed by atoms with E-state index in [1.165, 1.54) is 18.3 Å². The maximum atomic E-state index is 11.7. The van der Waals surface area contributed by atoms with Gasteiger partial charge in [-0.3, -0.25) is 9.59 Å². The van der Waals surface area contributed by atoms with Crippen LogP contribution in [0, 0.1) is 0 Å². The molecule has 0 unspecified atom stereocenters. The average molecular weight is 238 g/mol. The summed E-state index contributed by atoms with van der Waals surface area (Å²) < 4.78 is 0. The fourth-order valence-corrected chi connectivity index (χ4v) is 1.38. The quantitative estimate of drug-likeness (QED) is 0.689. The van der Waals surface area contributed by atoms with Crippen molar-refractivity contribution in [1.82, 2.24) is 10.3 Å². The Labute approximate surface area is 97.7 Å². The normalized spacial score (nSPS) is 11.8. The Balaban J connectivity index is 2.81. The van der Waals surface area contributed by atoms with Crippen molar-refractivity contribution in [1.29, 1.82) is 0 Å². The Morgan fingerprint density at radius 2 is 2.24 bits per heavy atom. The van der Waals surface area contributed by atoms with Crippen molar-refractivity contribution in [3.05, 3.63) is 34.2 Å². The van der Waals surface area contributed by atoms with E-state index in [0.29, 0.717) is 12.8 Å². The van der Waals surface area contributed by atoms with Crippen molar-refractivity contribution >= 4 is 11.9 Å². The second-order valence-electron chi connectivity index (χ2n) is 3.57. The summed E-state index contributed by atoms with van der Waals surface area (Å²) in [7, 11) is 0. The minimum Gasteiger partial charge on any atom is -0.480 e. The van der Waals surface area contributed by atoms with Gasteiger partial charge >= 0.3 is 5.97 Å². The number of carboxylic acids is 1. The number of rotatable bonds is 5. The van der Waals surface area contributed by atoms with Crippen molar-refractivity contribution in [2.45, 2.75) is 25.8 Å². The maximum Gasteiger partial charge on any atom is 0.326 e. The van der Waals surface area contributed by atoms with Gasteiger partial charge in [0.05, 0.1) is 0 Å². The zero-order valence-electron chi connectivity index (χ0n) is 9.40. The van der Waals surface area contributed by atoms with Gasteiger partial charge in [0.25, 0.3) is 11.5 Å². The number of aromatic amines is 1. The first-order valence-corrected chi connectivity index (χ1v) is 5.27. The summed E-state index contributed by atoms with van der Waals surface area (Å²) in [6.45, 7) is 1.82. The molecule has 17 heavy (non-hydrogen) atoms. The molecule has 1 atom stereocenters. The van der Waals surface area contributed by atoms with E-state index < -0.39 is 23.5 Å². The molecule has 3 N–H and O–H groups in total. The molecule has 1 rings (SSSR count). The second kappa shape index (κ2) is 5.83. The third kappa shape index (κ3) is 3.44. The van der Waals surface area contributed by atoms with Crippen LogP contribution in [0.5, 0.6) is 0 Å². The summed E-state index contributed by atoms with van der Waals surface area (Å²) >= 11 is 0. The lowest BCUT2D eigenvalue weighted by molar-refractivity contribution is -0.139. The highest BCUT2D eigenvalue weighted by Crippen LogP contribution is 1.99. The number of aliphatic carboxylic acids is 1. The molecule has 0 saturated heterocycles. The van der Waals surface area contributed by atoms with Gasteiger partial charge in [0, 0.05) is 6.20 Å². The van der Waals surface area contributed by atoms with Crippen LogP contribution in [0.3, 0.4) is 0 Å². The van der Waals surface area contributed by atoms with E-state index in [1.54, 1.807) is 0 Å². The van der Waals surface area contributed by atoms with Gasteiger partial charge in [-0.05, 0) is 18.6 Å². The minimum absolute atomic E-state index is 0.0881. The number of H-pyrrole nitrogens is 1. The van der Waals surface area contributed by atoms with E-state index in [-0.39, 0.29) is 5.56 Å². The summed E-state index contributed by atoms with van der Waals surface area (Å²) in [5.41, 5.74) is -0.625. The molecule has 1 aromatic heterocycles. The number of carbonyl (C=O) groups excluding carboxylic acids is 1. The van der Waals surface area contributed by atoms with E-state index in [9.17, 15) is 14.4 Å². The predicted octanol–water partition coefficient (Wildman–Crippen LogP) is 0.358. The Morgan fingerprint density at radius 3 is 2.76 bits per heavy atom. The first-order valence-electron chi connectivity index (χ1n) is 5.27. The summed E-state index contributed by atoms with van der Waals surface area (Å²) in [5, 5.41) is 11.2. The molecule has 1 amide bonds. The second-order valence-corrected chi connectivity index (χ2v) is 3.57. The molecule has 0 fully saturated rings. The van der Waals surface area contributed by atoms with Crippen LogP contribution in [0.1, 0.15) is 30.1 Å². The van der Waals surface area contributed by atoms with E-state index in [2.05, 4.69) is 10.3 Å². The van der Waals surface area contributed by atoms with Crippen molar-refractivity contribution in [2.75, 3.05) is 0 Å². The van der Waals surface area contributed by atoms with Gasteiger partial charge in [0.15, 0.2) is 0 Å². The summed E-state index contributed by atoms with van der Waals surface area (Å²) in [6.07, 6.45) is 2.36. The number of hydrogen-bond acceptors (Lipinski definition) is 3. The van der Waals surface area contributed by atoms with E-state index >= 15 is 0 Å². The highest BCUT2D eigenvalue weighted by atomic mass is 16.4. The molecule has 0 aromatic carbocycles. The van der Waals surface area contributed by atoms with Crippen LogP contribution in [0.4, 0.5) is 0 Å². The van der Waals surface area contributed by atoms with Gasteiger partial charge in [-0.15, -0.1) is 0 Å². The predicted molar refractivity (Wildman–Crippen MR) is 60.9 cm³/mol. The summed E-state index contributed by atoms with van der Waals surface area (Å²) in [4.78, 5) is 36.2. The first kappa shape index (κ1) is 13.0. The largest absolute Gasteiger partial charge is 0.480 e. The molecule has 0 aliphatic rings. The van der Waals surface area contributed by atoms with Crippen molar-refractivity contribution < 1.29 is 14.7 Å². The van der Waals surface area contributed by atoms with Crippen LogP contribution in [0.25, 0.3) is 0 Å². The third-order valence-electron chi connectivity index (χ3n) is 2.24. The zero-order chi connectivity index (χ0) is 12.8. The number of carbonyl (C=O) groups is 2. The van der Waals surface area contributed by atoms with Gasteiger partial charge in [0.1, 0.15) is 11.6 Å². The van der Waals surface area contributed by atoms with Crippen LogP contribution in [-0.4, -0.2) is 28.0 Å². The molecule has 0 spiro atoms. The van der Waals surface area contributed by atoms with E-state index in [4.69, 9.17) is 5.11 Å². The highest BCUT2D eigenvalue weighted by Gasteiger charge is 2.20. The van der Waals surface area contributed by atoms with Crippen LogP contribution in [0.15, 0.2) is 23.1 Å². The van der Waals surface area contributed by atoms with Gasteiger partial charge < -0.3 is 15.4 Å². The van der Waals surface area contributed by atoms with Gasteiger partial charge in [-0.1, -0.05) is 13.3 Å². The molecule has 1 aromatic rings. The monoisotopic (exact) mass is 238 g/mol. The Morgan fingerprint density at radius 1 is 1.53 bits per heavy atom. The Hall–Kier alpha value is -2.11. The summed E-state index contributed by atoms with van der Waals surface area (Å²) in [5.74, 6) is -1.78. The number of aromatic nitrogens is 1. The standard InChI is InChI=1S/C11H14N2O4/c1-2-4-8(11(16)17)13-10(15)7-5-3-6-12-9(7)14/h3,5-6,8H,2,4H2,1H3,(H,12,14)(H,13,15)(H,16,17)/t8-/m1/s1. The van der Waals surface area contributed by atoms with Crippen molar-refractivity contribution in [3.63, 3.8) is 0 Å². The number of hydrogen-bond donors (Lipinski definition) is 3. The lowest BCUT2D eigenvalue weighted by Crippen LogP contribution is -2.42. The zero-order valence-corrected chi connectivity index (χ0v) is 9.40. The van der Waals surface area contributed by atoms with Crippen molar-refractivity contribution in [3.8, 4) is 0 Å². The molecule has 92 valence electrons. The third-order valence-corrected chi connectivity index (χ3v) is 2.24. The maximum absolute atomic E-state index is 11.7. The highest BCUT2D eigenvalue weighted by molar-refractivity contribution is 5.96. The molecule has 0 aliphatic carbocycles. The molecule has 0 bridgehead atoms. The Kier molecular flexibility index (Phi) is 4.45. The molecular weight excluding hydrogens is 224 g/mol. The summed E-state index contributed by atoms with van der Waals surface area (Å²) in [6, 6.07) is 1.89. The first-order chi connectivity index (χ1) is 8.06. The fourth-order valence-electron chi connectivity index (χ4n) is 1.38. The minimum atomic E-state index is -1.10. The number of amides is 1. The molecule has 0 aliphatic heterocycles. The van der Waals surface area contributed by atoms with Gasteiger partial charge in [-0.2, -0.15) is 0 Å². The topological polar surface area (TPSA) is 99.3 Å².